The van der Waals surface area contributed by atoms with Crippen molar-refractivity contribution in [1.82, 2.24) is 0 Å². The molecule has 0 bridgehead atoms. The number of rotatable bonds is 6. The minimum atomic E-state index is -0.339. The molecule has 3 rings (SSSR count). The van der Waals surface area contributed by atoms with Crippen LogP contribution in [0.25, 0.3) is 0 Å². The fourth-order valence-electron chi connectivity index (χ4n) is 3.40. The molecule has 0 aliphatic heterocycles. The first kappa shape index (κ1) is 17.2. The zero-order valence-electron chi connectivity index (χ0n) is 14.7. The van der Waals surface area contributed by atoms with Crippen molar-refractivity contribution in [3.8, 4) is 11.5 Å². The van der Waals surface area contributed by atoms with E-state index in [0.717, 1.165) is 11.3 Å². The number of carbonyl (C=O) groups excluding carboxylic acids is 2. The Hall–Kier alpha value is -2.62. The molecule has 2 atom stereocenters. The number of hydrogen-bond acceptors (Lipinski definition) is 4. The van der Waals surface area contributed by atoms with E-state index in [1.807, 2.05) is 68.4 Å². The van der Waals surface area contributed by atoms with Crippen molar-refractivity contribution >= 4 is 11.8 Å². The monoisotopic (exact) mass is 338 g/mol. The molecule has 0 spiro atoms. The third-order valence-corrected chi connectivity index (χ3v) is 4.78. The molecule has 4 nitrogen and oxygen atoms in total. The van der Waals surface area contributed by atoms with Crippen LogP contribution in [0, 0.1) is 17.3 Å². The van der Waals surface area contributed by atoms with Gasteiger partial charge in [-0.1, -0.05) is 44.2 Å². The SMILES string of the molecule is CC(=O)C1C(C(=O)OCc2cccc(Oc3ccccc3)c2)C1(C)C. The molecule has 130 valence electrons. The largest absolute Gasteiger partial charge is 0.461 e. The Morgan fingerprint density at radius 3 is 2.28 bits per heavy atom. The van der Waals surface area contributed by atoms with E-state index < -0.39 is 0 Å². The molecular formula is C21H22O4. The normalized spacial score (nSPS) is 20.6. The topological polar surface area (TPSA) is 52.6 Å². The second kappa shape index (κ2) is 6.71. The van der Waals surface area contributed by atoms with Gasteiger partial charge in [0.15, 0.2) is 0 Å². The highest BCUT2D eigenvalue weighted by Crippen LogP contribution is 2.59. The van der Waals surface area contributed by atoms with Crippen molar-refractivity contribution in [2.24, 2.45) is 17.3 Å². The van der Waals surface area contributed by atoms with Crippen LogP contribution in [0.15, 0.2) is 54.6 Å². The first-order chi connectivity index (χ1) is 11.9. The minimum absolute atomic E-state index is 0.0465. The van der Waals surface area contributed by atoms with Gasteiger partial charge in [-0.05, 0) is 42.2 Å². The highest BCUT2D eigenvalue weighted by atomic mass is 16.5. The number of Topliss-reactive ketones (excluding diaryl/α,β-unsaturated/α-hetero) is 1. The van der Waals surface area contributed by atoms with Crippen molar-refractivity contribution in [1.29, 1.82) is 0 Å². The Morgan fingerprint density at radius 2 is 1.64 bits per heavy atom. The maximum Gasteiger partial charge on any atom is 0.310 e. The van der Waals surface area contributed by atoms with Crippen molar-refractivity contribution in [2.45, 2.75) is 27.4 Å². The van der Waals surface area contributed by atoms with E-state index >= 15 is 0 Å². The van der Waals surface area contributed by atoms with E-state index in [0.29, 0.717) is 5.75 Å². The molecule has 25 heavy (non-hydrogen) atoms. The molecule has 0 N–H and O–H groups in total. The maximum atomic E-state index is 12.3. The predicted molar refractivity (Wildman–Crippen MR) is 94.2 cm³/mol. The predicted octanol–water partition coefficient (Wildman–Crippen LogP) is 4.38. The molecule has 1 aliphatic rings. The fraction of sp³-hybridized carbons (Fsp3) is 0.333. The lowest BCUT2D eigenvalue weighted by Crippen LogP contribution is -2.11. The minimum Gasteiger partial charge on any atom is -0.461 e. The maximum absolute atomic E-state index is 12.3. The zero-order chi connectivity index (χ0) is 18.0. The highest BCUT2D eigenvalue weighted by molar-refractivity contribution is 5.92. The summed E-state index contributed by atoms with van der Waals surface area (Å²) in [5, 5.41) is 0. The molecule has 4 heteroatoms. The lowest BCUT2D eigenvalue weighted by Gasteiger charge is -2.09. The van der Waals surface area contributed by atoms with Gasteiger partial charge in [0.2, 0.25) is 0 Å². The molecule has 0 saturated heterocycles. The number of para-hydroxylation sites is 1. The van der Waals surface area contributed by atoms with Gasteiger partial charge in [0.1, 0.15) is 23.9 Å². The summed E-state index contributed by atoms with van der Waals surface area (Å²) in [6.07, 6.45) is 0. The summed E-state index contributed by atoms with van der Waals surface area (Å²) in [6.45, 7) is 5.56. The summed E-state index contributed by atoms with van der Waals surface area (Å²) in [6, 6.07) is 16.9. The first-order valence-electron chi connectivity index (χ1n) is 8.38. The number of ketones is 1. The summed E-state index contributed by atoms with van der Waals surface area (Å²) < 4.78 is 11.2. The number of carbonyl (C=O) groups is 2. The molecule has 0 heterocycles. The van der Waals surface area contributed by atoms with Crippen molar-refractivity contribution in [3.05, 3.63) is 60.2 Å². The molecule has 0 amide bonds. The standard InChI is InChI=1S/C21H22O4/c1-14(22)18-19(21(18,2)3)20(23)24-13-15-8-7-11-17(12-15)25-16-9-5-4-6-10-16/h4-12,18-19H,13H2,1-3H3. The Labute approximate surface area is 147 Å². The van der Waals surface area contributed by atoms with Gasteiger partial charge in [-0.25, -0.2) is 0 Å². The summed E-state index contributed by atoms with van der Waals surface area (Å²) in [5.41, 5.74) is 0.542. The van der Waals surface area contributed by atoms with E-state index in [-0.39, 0.29) is 35.6 Å². The second-order valence-electron chi connectivity index (χ2n) is 7.06. The van der Waals surface area contributed by atoms with E-state index in [2.05, 4.69) is 0 Å². The average molecular weight is 338 g/mol. The number of benzene rings is 2. The first-order valence-corrected chi connectivity index (χ1v) is 8.38. The lowest BCUT2D eigenvalue weighted by atomic mass is 10.1. The average Bonchev–Trinajstić information content (AvgIpc) is 3.17. The molecule has 1 saturated carbocycles. The molecule has 2 aromatic carbocycles. The molecule has 0 aromatic heterocycles. The number of hydrogen-bond donors (Lipinski definition) is 0. The molecule has 2 unspecified atom stereocenters. The van der Waals surface area contributed by atoms with Crippen LogP contribution in [0.1, 0.15) is 26.3 Å². The summed E-state index contributed by atoms with van der Waals surface area (Å²) >= 11 is 0. The van der Waals surface area contributed by atoms with Gasteiger partial charge in [-0.2, -0.15) is 0 Å². The van der Waals surface area contributed by atoms with Gasteiger partial charge in [0, 0.05) is 5.92 Å². The smallest absolute Gasteiger partial charge is 0.310 e. The van der Waals surface area contributed by atoms with Crippen LogP contribution in [-0.4, -0.2) is 11.8 Å². The van der Waals surface area contributed by atoms with Gasteiger partial charge in [0.25, 0.3) is 0 Å². The van der Waals surface area contributed by atoms with E-state index in [1.54, 1.807) is 0 Å². The molecular weight excluding hydrogens is 316 g/mol. The Morgan fingerprint density at radius 1 is 0.960 bits per heavy atom. The summed E-state index contributed by atoms with van der Waals surface area (Å²) in [5.74, 6) is 0.611. The summed E-state index contributed by atoms with van der Waals surface area (Å²) in [4.78, 5) is 23.9. The van der Waals surface area contributed by atoms with E-state index in [9.17, 15) is 9.59 Å². The molecule has 1 aliphatic carbocycles. The summed E-state index contributed by atoms with van der Waals surface area (Å²) in [7, 11) is 0. The van der Waals surface area contributed by atoms with Gasteiger partial charge in [0.05, 0.1) is 5.92 Å². The van der Waals surface area contributed by atoms with Crippen LogP contribution in [0.3, 0.4) is 0 Å². The van der Waals surface area contributed by atoms with Gasteiger partial charge >= 0.3 is 5.97 Å². The number of ether oxygens (including phenoxy) is 2. The van der Waals surface area contributed by atoms with Crippen LogP contribution in [0.4, 0.5) is 0 Å². The van der Waals surface area contributed by atoms with E-state index in [4.69, 9.17) is 9.47 Å². The van der Waals surface area contributed by atoms with Crippen molar-refractivity contribution in [2.75, 3.05) is 0 Å². The Kier molecular flexibility index (Phi) is 4.62. The van der Waals surface area contributed by atoms with Crippen molar-refractivity contribution < 1.29 is 19.1 Å². The third-order valence-electron chi connectivity index (χ3n) is 4.78. The van der Waals surface area contributed by atoms with E-state index in [1.165, 1.54) is 6.92 Å². The zero-order valence-corrected chi connectivity index (χ0v) is 14.7. The molecule has 2 aromatic rings. The highest BCUT2D eigenvalue weighted by Gasteiger charge is 2.64. The van der Waals surface area contributed by atoms with Crippen LogP contribution < -0.4 is 4.74 Å². The van der Waals surface area contributed by atoms with Crippen LogP contribution in [-0.2, 0) is 20.9 Å². The molecule has 1 fully saturated rings. The Balaban J connectivity index is 1.60. The fourth-order valence-corrected chi connectivity index (χ4v) is 3.40. The third kappa shape index (κ3) is 3.73. The molecule has 0 radical (unpaired) electrons. The van der Waals surface area contributed by atoms with Crippen LogP contribution in [0.2, 0.25) is 0 Å². The van der Waals surface area contributed by atoms with Gasteiger partial charge in [-0.3, -0.25) is 9.59 Å². The van der Waals surface area contributed by atoms with Gasteiger partial charge in [-0.15, -0.1) is 0 Å². The quantitative estimate of drug-likeness (QED) is 0.733. The van der Waals surface area contributed by atoms with Crippen molar-refractivity contribution in [3.63, 3.8) is 0 Å². The van der Waals surface area contributed by atoms with Crippen LogP contribution in [0.5, 0.6) is 11.5 Å². The second-order valence-corrected chi connectivity index (χ2v) is 7.06. The Bertz CT molecular complexity index is 779. The van der Waals surface area contributed by atoms with Crippen LogP contribution >= 0.6 is 0 Å². The lowest BCUT2D eigenvalue weighted by molar-refractivity contribution is -0.148. The number of esters is 1. The van der Waals surface area contributed by atoms with Gasteiger partial charge < -0.3 is 9.47 Å².